The molecule has 0 aliphatic heterocycles. The number of hydrogen-bond donors (Lipinski definition) is 1. The molecule has 1 aromatic carbocycles. The molecule has 0 unspecified atom stereocenters. The average Bonchev–Trinajstić information content (AvgIpc) is 3.10. The molecule has 0 aliphatic carbocycles. The number of nitrogens with one attached hydrogen (secondary N) is 2. The van der Waals surface area contributed by atoms with E-state index < -0.39 is 11.7 Å². The van der Waals surface area contributed by atoms with Crippen molar-refractivity contribution in [3.05, 3.63) is 45.7 Å². The highest BCUT2D eigenvalue weighted by Crippen LogP contribution is 2.37. The molecule has 0 atom stereocenters. The molecule has 10 heteroatoms. The van der Waals surface area contributed by atoms with Crippen LogP contribution in [0.1, 0.15) is 17.1 Å². The quantitative estimate of drug-likeness (QED) is 0.792. The van der Waals surface area contributed by atoms with E-state index in [-0.39, 0.29) is 5.02 Å². The zero-order chi connectivity index (χ0) is 15.7. The Morgan fingerprint density at radius 1 is 1.32 bits per heavy atom. The van der Waals surface area contributed by atoms with Crippen LogP contribution in [-0.2, 0) is 12.6 Å². The van der Waals surface area contributed by atoms with E-state index in [1.54, 1.807) is 5.38 Å². The summed E-state index contributed by atoms with van der Waals surface area (Å²) in [5, 5.41) is 14.4. The third-order valence-corrected chi connectivity index (χ3v) is 4.11. The summed E-state index contributed by atoms with van der Waals surface area (Å²) in [5.41, 5.74) is 0.194. The Labute approximate surface area is 131 Å². The second-order valence-electron chi connectivity index (χ2n) is 4.40. The van der Waals surface area contributed by atoms with Gasteiger partial charge in [0.05, 0.1) is 22.7 Å². The van der Waals surface area contributed by atoms with E-state index in [0.717, 1.165) is 6.07 Å². The Hall–Kier alpha value is -2.00. The van der Waals surface area contributed by atoms with Gasteiger partial charge in [0, 0.05) is 10.9 Å². The number of aromatic amines is 2. The van der Waals surface area contributed by atoms with Crippen LogP contribution in [0.15, 0.2) is 23.6 Å². The maximum absolute atomic E-state index is 12.9. The van der Waals surface area contributed by atoms with E-state index in [2.05, 4.69) is 25.6 Å². The summed E-state index contributed by atoms with van der Waals surface area (Å²) >= 11 is 6.86. The maximum atomic E-state index is 12.9. The zero-order valence-corrected chi connectivity index (χ0v) is 12.4. The molecule has 5 nitrogen and oxygen atoms in total. The second kappa shape index (κ2) is 5.65. The van der Waals surface area contributed by atoms with Crippen LogP contribution in [0.2, 0.25) is 5.02 Å². The van der Waals surface area contributed by atoms with Crippen molar-refractivity contribution in [3.63, 3.8) is 0 Å². The molecule has 0 aliphatic rings. The van der Waals surface area contributed by atoms with Crippen LogP contribution in [0.3, 0.4) is 0 Å². The van der Waals surface area contributed by atoms with Crippen molar-refractivity contribution < 1.29 is 18.3 Å². The second-order valence-corrected chi connectivity index (χ2v) is 5.66. The van der Waals surface area contributed by atoms with Gasteiger partial charge < -0.3 is 0 Å². The van der Waals surface area contributed by atoms with Crippen LogP contribution in [0.4, 0.5) is 13.2 Å². The Morgan fingerprint density at radius 3 is 2.82 bits per heavy atom. The van der Waals surface area contributed by atoms with Gasteiger partial charge in [-0.25, -0.2) is 4.98 Å². The van der Waals surface area contributed by atoms with Crippen LogP contribution in [-0.4, -0.2) is 20.5 Å². The Bertz CT molecular complexity index is 784. The van der Waals surface area contributed by atoms with E-state index in [0.29, 0.717) is 28.5 Å². The fourth-order valence-corrected chi connectivity index (χ4v) is 2.89. The van der Waals surface area contributed by atoms with Crippen molar-refractivity contribution in [2.75, 3.05) is 0 Å². The van der Waals surface area contributed by atoms with Gasteiger partial charge in [-0.15, -0.1) is 11.3 Å². The first-order chi connectivity index (χ1) is 10.4. The summed E-state index contributed by atoms with van der Waals surface area (Å²) in [4.78, 5) is 4.31. The van der Waals surface area contributed by atoms with E-state index in [1.807, 2.05) is 0 Å². The standard InChI is InChI=1S/C12H7ClF3N5S/c13-9-2-1-6(3-8(9)12(14,15)16)11-17-7(5-22-11)4-10-18-20-21-19-10/h1-3,5H,4H2,(H,18,19,20,21)/p+1. The van der Waals surface area contributed by atoms with E-state index in [1.165, 1.54) is 23.5 Å². The molecule has 3 rings (SSSR count). The Morgan fingerprint density at radius 2 is 2.14 bits per heavy atom. The first-order valence-electron chi connectivity index (χ1n) is 6.02. The summed E-state index contributed by atoms with van der Waals surface area (Å²) in [5.74, 6) is 0.587. The van der Waals surface area contributed by atoms with Crippen molar-refractivity contribution in [1.82, 2.24) is 20.5 Å². The molecule has 0 amide bonds. The smallest absolute Gasteiger partial charge is 0.241 e. The number of rotatable bonds is 3. The van der Waals surface area contributed by atoms with Crippen LogP contribution in [0.25, 0.3) is 10.6 Å². The molecule has 2 heterocycles. The topological polar surface area (TPSA) is 68.6 Å². The molecule has 0 saturated heterocycles. The van der Waals surface area contributed by atoms with Gasteiger partial charge in [-0.1, -0.05) is 22.9 Å². The fourth-order valence-electron chi connectivity index (χ4n) is 1.85. The minimum atomic E-state index is -4.50. The third kappa shape index (κ3) is 3.09. The minimum Gasteiger partial charge on any atom is -0.241 e. The first-order valence-corrected chi connectivity index (χ1v) is 7.28. The predicted molar refractivity (Wildman–Crippen MR) is 73.3 cm³/mol. The van der Waals surface area contributed by atoms with Gasteiger partial charge in [-0.05, 0) is 12.1 Å². The first kappa shape index (κ1) is 14.9. The number of H-pyrrole nitrogens is 2. The summed E-state index contributed by atoms with van der Waals surface area (Å²) in [6.07, 6.45) is -4.09. The Balaban J connectivity index is 1.90. The maximum Gasteiger partial charge on any atom is 0.417 e. The molecular formula is C12H8ClF3N5S+. The van der Waals surface area contributed by atoms with Crippen LogP contribution in [0.5, 0.6) is 0 Å². The van der Waals surface area contributed by atoms with Gasteiger partial charge in [-0.2, -0.15) is 18.3 Å². The Kier molecular flexibility index (Phi) is 3.83. The minimum absolute atomic E-state index is 0.328. The van der Waals surface area contributed by atoms with Crippen LogP contribution >= 0.6 is 22.9 Å². The third-order valence-electron chi connectivity index (χ3n) is 2.84. The van der Waals surface area contributed by atoms with Gasteiger partial charge in [0.15, 0.2) is 5.21 Å². The monoisotopic (exact) mass is 346 g/mol. The zero-order valence-electron chi connectivity index (χ0n) is 10.8. The number of alkyl halides is 3. The molecule has 114 valence electrons. The molecule has 22 heavy (non-hydrogen) atoms. The summed E-state index contributed by atoms with van der Waals surface area (Å²) in [6, 6.07) is 3.75. The van der Waals surface area contributed by atoms with Gasteiger partial charge in [0.25, 0.3) is 0 Å². The highest BCUT2D eigenvalue weighted by Gasteiger charge is 2.33. The lowest BCUT2D eigenvalue weighted by Crippen LogP contribution is -2.10. The predicted octanol–water partition coefficient (Wildman–Crippen LogP) is 3.01. The average molecular weight is 347 g/mol. The van der Waals surface area contributed by atoms with Crippen molar-refractivity contribution in [2.24, 2.45) is 0 Å². The number of benzene rings is 1. The fraction of sp³-hybridized carbons (Fsp3) is 0.167. The van der Waals surface area contributed by atoms with Crippen molar-refractivity contribution in [2.45, 2.75) is 12.6 Å². The van der Waals surface area contributed by atoms with E-state index in [4.69, 9.17) is 11.6 Å². The van der Waals surface area contributed by atoms with Crippen molar-refractivity contribution in [3.8, 4) is 10.6 Å². The molecule has 0 saturated carbocycles. The van der Waals surface area contributed by atoms with Gasteiger partial charge in [-0.3, -0.25) is 0 Å². The van der Waals surface area contributed by atoms with E-state index >= 15 is 0 Å². The summed E-state index contributed by atoms with van der Waals surface area (Å²) in [6.45, 7) is 0. The highest BCUT2D eigenvalue weighted by molar-refractivity contribution is 7.13. The van der Waals surface area contributed by atoms with Crippen molar-refractivity contribution in [1.29, 1.82) is 0 Å². The largest absolute Gasteiger partial charge is 0.417 e. The van der Waals surface area contributed by atoms with Gasteiger partial charge >= 0.3 is 12.0 Å². The lowest BCUT2D eigenvalue weighted by atomic mass is 10.1. The summed E-state index contributed by atoms with van der Waals surface area (Å²) < 4.78 is 38.6. The number of hydrogen-bond acceptors (Lipinski definition) is 4. The van der Waals surface area contributed by atoms with Gasteiger partial charge in [0.2, 0.25) is 0 Å². The molecule has 0 bridgehead atoms. The number of aromatic nitrogens is 5. The molecule has 0 spiro atoms. The normalized spacial score (nSPS) is 11.8. The lowest BCUT2D eigenvalue weighted by molar-refractivity contribution is -0.465. The van der Waals surface area contributed by atoms with Crippen LogP contribution in [0, 0.1) is 0 Å². The molecule has 0 fully saturated rings. The SMILES string of the molecule is FC(F)(F)c1cc(-c2nc(Cc3nn[nH][nH+]3)cs2)ccc1Cl. The van der Waals surface area contributed by atoms with Crippen molar-refractivity contribution >= 4 is 22.9 Å². The highest BCUT2D eigenvalue weighted by atomic mass is 35.5. The lowest BCUT2D eigenvalue weighted by Gasteiger charge is -2.09. The number of halogens is 4. The van der Waals surface area contributed by atoms with Crippen LogP contribution < -0.4 is 5.10 Å². The molecular weight excluding hydrogens is 339 g/mol. The number of tetrazole rings is 1. The number of nitrogens with zero attached hydrogens (tertiary/aromatic N) is 3. The van der Waals surface area contributed by atoms with Gasteiger partial charge in [0.1, 0.15) is 10.1 Å². The summed E-state index contributed by atoms with van der Waals surface area (Å²) in [7, 11) is 0. The molecule has 0 radical (unpaired) electrons. The molecule has 3 aromatic rings. The van der Waals surface area contributed by atoms with E-state index in [9.17, 15) is 13.2 Å². The number of thiazole rings is 1. The molecule has 2 N–H and O–H groups in total. The molecule has 2 aromatic heterocycles.